The van der Waals surface area contributed by atoms with Crippen molar-refractivity contribution in [2.24, 2.45) is 5.73 Å². The number of hydrogen-bond acceptors (Lipinski definition) is 1. The highest BCUT2D eigenvalue weighted by atomic mass is 15.0. The third-order valence-electron chi connectivity index (χ3n) is 11.5. The van der Waals surface area contributed by atoms with E-state index in [9.17, 15) is 0 Å². The molecule has 11 rings (SSSR count). The zero-order valence-corrected chi connectivity index (χ0v) is 33.0. The fraction of sp³-hybridized carbons (Fsp3) is 0.0357. The molecule has 0 spiro atoms. The van der Waals surface area contributed by atoms with Gasteiger partial charge in [0.05, 0.1) is 22.1 Å². The monoisotopic (exact) mass is 757 g/mol. The second-order valence-electron chi connectivity index (χ2n) is 15.3. The Morgan fingerprint density at radius 2 is 0.966 bits per heavy atom. The Hall–Kier alpha value is -7.62. The largest absolute Gasteiger partial charge is 0.398 e. The van der Waals surface area contributed by atoms with Gasteiger partial charge in [0.15, 0.2) is 0 Å². The average molecular weight is 758 g/mol. The maximum absolute atomic E-state index is 6.00. The van der Waals surface area contributed by atoms with Crippen LogP contribution in [0.1, 0.15) is 16.7 Å². The van der Waals surface area contributed by atoms with Gasteiger partial charge in [0.1, 0.15) is 0 Å². The summed E-state index contributed by atoms with van der Waals surface area (Å²) in [5.41, 5.74) is 20.2. The van der Waals surface area contributed by atoms with E-state index in [0.717, 1.165) is 17.7 Å². The molecule has 3 nitrogen and oxygen atoms in total. The first-order valence-corrected chi connectivity index (χ1v) is 20.3. The van der Waals surface area contributed by atoms with Gasteiger partial charge in [-0.2, -0.15) is 0 Å². The van der Waals surface area contributed by atoms with Crippen molar-refractivity contribution in [3.05, 3.63) is 235 Å². The second-order valence-corrected chi connectivity index (χ2v) is 15.3. The van der Waals surface area contributed by atoms with Crippen molar-refractivity contribution in [3.8, 4) is 22.5 Å². The van der Waals surface area contributed by atoms with Crippen LogP contribution in [0.4, 0.5) is 0 Å². The lowest BCUT2D eigenvalue weighted by Crippen LogP contribution is -1.96. The molecule has 0 saturated carbocycles. The smallest absolute Gasteiger partial charge is 0.0547 e. The number of allylic oxidation sites excluding steroid dienone is 1. The Morgan fingerprint density at radius 3 is 1.71 bits per heavy atom. The molecule has 0 aliphatic heterocycles. The molecule has 0 unspecified atom stereocenters. The van der Waals surface area contributed by atoms with Crippen molar-refractivity contribution >= 4 is 60.1 Å². The molecule has 0 bridgehead atoms. The van der Waals surface area contributed by atoms with Crippen molar-refractivity contribution in [1.82, 2.24) is 9.13 Å². The molecule has 59 heavy (non-hydrogen) atoms. The van der Waals surface area contributed by atoms with Crippen LogP contribution in [0.3, 0.4) is 0 Å². The van der Waals surface area contributed by atoms with Gasteiger partial charge in [-0.15, -0.1) is 0 Å². The molecule has 2 aromatic heterocycles. The molecule has 282 valence electrons. The number of benzene rings is 9. The Morgan fingerprint density at radius 1 is 0.424 bits per heavy atom. The molecule has 2 heterocycles. The Bertz CT molecular complexity index is 3300. The van der Waals surface area contributed by atoms with Gasteiger partial charge in [0, 0.05) is 38.6 Å². The molecular weight excluding hydrogens is 715 g/mol. The fourth-order valence-corrected chi connectivity index (χ4v) is 8.46. The summed E-state index contributed by atoms with van der Waals surface area (Å²) in [5.74, 6) is 0. The summed E-state index contributed by atoms with van der Waals surface area (Å²) in [6.45, 7) is 2.14. The van der Waals surface area contributed by atoms with E-state index >= 15 is 0 Å². The third-order valence-corrected chi connectivity index (χ3v) is 11.5. The van der Waals surface area contributed by atoms with Crippen molar-refractivity contribution in [2.45, 2.75) is 13.3 Å². The van der Waals surface area contributed by atoms with E-state index in [4.69, 9.17) is 5.73 Å². The summed E-state index contributed by atoms with van der Waals surface area (Å²) >= 11 is 0. The van der Waals surface area contributed by atoms with Gasteiger partial charge in [-0.3, -0.25) is 0 Å². The van der Waals surface area contributed by atoms with E-state index in [0.29, 0.717) is 0 Å². The Balaban J connectivity index is 0.000000221. The number of aryl methyl sites for hydroxylation is 1. The lowest BCUT2D eigenvalue weighted by molar-refractivity contribution is 1.17. The Kier molecular flexibility index (Phi) is 9.32. The molecule has 0 aliphatic rings. The van der Waals surface area contributed by atoms with Gasteiger partial charge in [-0.05, 0) is 101 Å². The van der Waals surface area contributed by atoms with Crippen molar-refractivity contribution in [3.63, 3.8) is 0 Å². The highest BCUT2D eigenvalue weighted by Gasteiger charge is 2.16. The first kappa shape index (κ1) is 35.8. The zero-order chi connectivity index (χ0) is 39.7. The van der Waals surface area contributed by atoms with Gasteiger partial charge < -0.3 is 14.9 Å². The highest BCUT2D eigenvalue weighted by Crippen LogP contribution is 2.38. The van der Waals surface area contributed by atoms with Crippen molar-refractivity contribution in [1.29, 1.82) is 0 Å². The summed E-state index contributed by atoms with van der Waals surface area (Å²) in [5, 5.41) is 7.59. The predicted molar refractivity (Wildman–Crippen MR) is 252 cm³/mol. The minimum atomic E-state index is 0.837. The number of nitrogens with two attached hydrogens (primary N) is 1. The van der Waals surface area contributed by atoms with Gasteiger partial charge in [0.25, 0.3) is 0 Å². The molecule has 0 radical (unpaired) electrons. The van der Waals surface area contributed by atoms with Crippen LogP contribution in [0.25, 0.3) is 82.6 Å². The summed E-state index contributed by atoms with van der Waals surface area (Å²) in [4.78, 5) is 0. The lowest BCUT2D eigenvalue weighted by atomic mass is 10.0. The highest BCUT2D eigenvalue weighted by molar-refractivity contribution is 6.12. The SMILES string of the molecule is Cc1ccc(-n2c3ccccc3c3ccc(-c4ccc5c(c4)c4ccccc4n5-c4ccc5ccccc5c4)cc32)cc1.N/C(=C\Cc1ccccc1)c1ccccc1. The predicted octanol–water partition coefficient (Wildman–Crippen LogP) is 14.2. The number of aromatic nitrogens is 2. The minimum absolute atomic E-state index is 0.837. The summed E-state index contributed by atoms with van der Waals surface area (Å²) in [6.07, 6.45) is 2.94. The Labute approximate surface area is 344 Å². The number of para-hydroxylation sites is 2. The first-order chi connectivity index (χ1) is 29.1. The molecule has 9 aromatic carbocycles. The second kappa shape index (κ2) is 15.4. The van der Waals surface area contributed by atoms with Crippen LogP contribution in [-0.2, 0) is 6.42 Å². The molecule has 3 heteroatoms. The molecule has 0 saturated heterocycles. The number of fused-ring (bicyclic) bond motifs is 7. The van der Waals surface area contributed by atoms with Crippen LogP contribution in [0, 0.1) is 6.92 Å². The maximum atomic E-state index is 6.00. The van der Waals surface area contributed by atoms with Gasteiger partial charge in [0.2, 0.25) is 0 Å². The van der Waals surface area contributed by atoms with E-state index in [1.54, 1.807) is 0 Å². The summed E-state index contributed by atoms with van der Waals surface area (Å²) in [6, 6.07) is 75.9. The topological polar surface area (TPSA) is 35.9 Å². The third kappa shape index (κ3) is 6.83. The van der Waals surface area contributed by atoms with Gasteiger partial charge in [-0.25, -0.2) is 0 Å². The summed E-state index contributed by atoms with van der Waals surface area (Å²) in [7, 11) is 0. The van der Waals surface area contributed by atoms with Crippen LogP contribution in [0.15, 0.2) is 218 Å². The molecular formula is C56H43N3. The average Bonchev–Trinajstić information content (AvgIpc) is 3.81. The molecule has 0 atom stereocenters. The van der Waals surface area contributed by atoms with E-state index < -0.39 is 0 Å². The molecule has 0 fully saturated rings. The van der Waals surface area contributed by atoms with Crippen LogP contribution < -0.4 is 5.73 Å². The van der Waals surface area contributed by atoms with Gasteiger partial charge in [-0.1, -0.05) is 169 Å². The molecule has 11 aromatic rings. The number of nitrogens with zero attached hydrogens (tertiary/aromatic N) is 2. The van der Waals surface area contributed by atoms with Crippen LogP contribution >= 0.6 is 0 Å². The van der Waals surface area contributed by atoms with E-state index in [1.807, 2.05) is 48.5 Å². The van der Waals surface area contributed by atoms with E-state index in [2.05, 4.69) is 186 Å². The van der Waals surface area contributed by atoms with Gasteiger partial charge >= 0.3 is 0 Å². The maximum Gasteiger partial charge on any atom is 0.0547 e. The molecule has 0 amide bonds. The molecule has 0 aliphatic carbocycles. The summed E-state index contributed by atoms with van der Waals surface area (Å²) < 4.78 is 4.80. The van der Waals surface area contributed by atoms with Crippen LogP contribution in [0.5, 0.6) is 0 Å². The number of rotatable bonds is 6. The van der Waals surface area contributed by atoms with Crippen LogP contribution in [0.2, 0.25) is 0 Å². The normalized spacial score (nSPS) is 11.7. The fourth-order valence-electron chi connectivity index (χ4n) is 8.46. The van der Waals surface area contributed by atoms with E-state index in [-0.39, 0.29) is 0 Å². The quantitative estimate of drug-likeness (QED) is 0.180. The molecule has 2 N–H and O–H groups in total. The van der Waals surface area contributed by atoms with E-state index in [1.165, 1.54) is 88.0 Å². The van der Waals surface area contributed by atoms with Crippen molar-refractivity contribution < 1.29 is 0 Å². The number of hydrogen-bond donors (Lipinski definition) is 1. The lowest BCUT2D eigenvalue weighted by Gasteiger charge is -2.11. The zero-order valence-electron chi connectivity index (χ0n) is 33.0. The first-order valence-electron chi connectivity index (χ1n) is 20.3. The van der Waals surface area contributed by atoms with Crippen molar-refractivity contribution in [2.75, 3.05) is 0 Å². The minimum Gasteiger partial charge on any atom is -0.398 e. The standard InChI is InChI=1S/C41H28N2.C15H15N/c1-27-14-19-32(20-15-27)42-38-12-6-4-10-34(38)36-22-17-31(26-41(36)42)30-18-23-40-37(25-30)35-11-5-7-13-39(35)43(40)33-21-16-28-8-2-3-9-29(28)24-33;16-15(14-9-5-2-6-10-14)12-11-13-7-3-1-4-8-13/h2-26H,1H3;1-10,12H,11,16H2/b;15-12-. The van der Waals surface area contributed by atoms with Crippen LogP contribution in [-0.4, -0.2) is 9.13 Å².